The molecule has 4 nitrogen and oxygen atoms in total. The van der Waals surface area contributed by atoms with E-state index in [4.69, 9.17) is 0 Å². The van der Waals surface area contributed by atoms with Crippen LogP contribution >= 0.6 is 11.8 Å². The number of hydrogen-bond donors (Lipinski definition) is 1. The molecule has 1 atom stereocenters. The number of benzene rings is 1. The number of carbonyl (C=O) groups excluding carboxylic acids is 1. The van der Waals surface area contributed by atoms with Crippen molar-refractivity contribution >= 4 is 22.7 Å². The molecule has 1 unspecified atom stereocenters. The maximum atomic E-state index is 12.3. The molecule has 0 saturated carbocycles. The van der Waals surface area contributed by atoms with E-state index < -0.39 is 0 Å². The van der Waals surface area contributed by atoms with Gasteiger partial charge in [-0.1, -0.05) is 50.4 Å². The predicted octanol–water partition coefficient (Wildman–Crippen LogP) is 4.94. The van der Waals surface area contributed by atoms with Crippen LogP contribution in [0.5, 0.6) is 0 Å². The summed E-state index contributed by atoms with van der Waals surface area (Å²) in [6.45, 7) is 15.9. The molecule has 1 heterocycles. The third-order valence-corrected chi connectivity index (χ3v) is 5.77. The van der Waals surface area contributed by atoms with Gasteiger partial charge < -0.3 is 10.2 Å². The molecule has 0 aromatic heterocycles. The van der Waals surface area contributed by atoms with E-state index in [0.29, 0.717) is 11.8 Å². The van der Waals surface area contributed by atoms with Crippen LogP contribution in [0.15, 0.2) is 35.5 Å². The largest absolute Gasteiger partial charge is 0.355 e. The zero-order chi connectivity index (χ0) is 21.1. The highest BCUT2D eigenvalue weighted by molar-refractivity contribution is 8.15. The minimum Gasteiger partial charge on any atom is -0.355 e. The number of amides is 1. The number of aryl methyl sites for hydroxylation is 2. The SMILES string of the molecule is C=C(C)N=C(SCC(=O)NCCC1CCCN1C)c1c(C)cccc1C.CC. The summed E-state index contributed by atoms with van der Waals surface area (Å²) >= 11 is 1.49. The van der Waals surface area contributed by atoms with Crippen LogP contribution in [0.3, 0.4) is 0 Å². The van der Waals surface area contributed by atoms with E-state index >= 15 is 0 Å². The smallest absolute Gasteiger partial charge is 0.230 e. The summed E-state index contributed by atoms with van der Waals surface area (Å²) in [4.78, 5) is 19.2. The van der Waals surface area contributed by atoms with Crippen LogP contribution in [0.1, 0.15) is 56.7 Å². The first-order valence-electron chi connectivity index (χ1n) is 10.3. The molecule has 1 N–H and O–H groups in total. The molecule has 2 rings (SSSR count). The Morgan fingerprint density at radius 3 is 2.50 bits per heavy atom. The molecule has 156 valence electrons. The number of nitrogens with one attached hydrogen (secondary N) is 1. The molecular formula is C23H37N3OS. The lowest BCUT2D eigenvalue weighted by molar-refractivity contribution is -0.118. The summed E-state index contributed by atoms with van der Waals surface area (Å²) < 4.78 is 0. The predicted molar refractivity (Wildman–Crippen MR) is 124 cm³/mol. The van der Waals surface area contributed by atoms with E-state index in [1.807, 2.05) is 26.8 Å². The van der Waals surface area contributed by atoms with Crippen LogP contribution in [0.25, 0.3) is 0 Å². The van der Waals surface area contributed by atoms with Crippen LogP contribution in [-0.4, -0.2) is 47.8 Å². The Morgan fingerprint density at radius 2 is 1.96 bits per heavy atom. The Labute approximate surface area is 175 Å². The fourth-order valence-electron chi connectivity index (χ4n) is 3.39. The first kappa shape index (κ1) is 24.4. The Bertz CT molecular complexity index is 664. The fraction of sp³-hybridized carbons (Fsp3) is 0.565. The van der Waals surface area contributed by atoms with Gasteiger partial charge in [-0.2, -0.15) is 0 Å². The van der Waals surface area contributed by atoms with Crippen molar-refractivity contribution in [1.29, 1.82) is 0 Å². The number of thioether (sulfide) groups is 1. The highest BCUT2D eigenvalue weighted by Gasteiger charge is 2.20. The minimum absolute atomic E-state index is 0.0660. The fourth-order valence-corrected chi connectivity index (χ4v) is 4.45. The molecular weight excluding hydrogens is 366 g/mol. The Hall–Kier alpha value is -1.59. The molecule has 1 aromatic carbocycles. The lowest BCUT2D eigenvalue weighted by atomic mass is 10.0. The van der Waals surface area contributed by atoms with Gasteiger partial charge in [0.05, 0.1) is 5.75 Å². The molecule has 0 aliphatic carbocycles. The zero-order valence-electron chi connectivity index (χ0n) is 18.5. The number of rotatable bonds is 7. The van der Waals surface area contributed by atoms with Crippen molar-refractivity contribution in [2.24, 2.45) is 4.99 Å². The maximum absolute atomic E-state index is 12.3. The second kappa shape index (κ2) is 12.8. The number of nitrogens with zero attached hydrogens (tertiary/aromatic N) is 2. The van der Waals surface area contributed by atoms with Gasteiger partial charge >= 0.3 is 0 Å². The van der Waals surface area contributed by atoms with Crippen molar-refractivity contribution in [1.82, 2.24) is 10.2 Å². The summed E-state index contributed by atoms with van der Waals surface area (Å²) in [5, 5.41) is 3.93. The Morgan fingerprint density at radius 1 is 1.32 bits per heavy atom. The van der Waals surface area contributed by atoms with Gasteiger partial charge in [-0.25, -0.2) is 4.99 Å². The summed E-state index contributed by atoms with van der Waals surface area (Å²) in [5.41, 5.74) is 4.20. The van der Waals surface area contributed by atoms with Crippen molar-refractivity contribution in [2.45, 2.75) is 59.9 Å². The van der Waals surface area contributed by atoms with Crippen LogP contribution in [0.2, 0.25) is 0 Å². The van der Waals surface area contributed by atoms with E-state index in [1.165, 1.54) is 42.3 Å². The van der Waals surface area contributed by atoms with Gasteiger partial charge in [0.2, 0.25) is 5.91 Å². The summed E-state index contributed by atoms with van der Waals surface area (Å²) in [6.07, 6.45) is 3.53. The van der Waals surface area contributed by atoms with Crippen LogP contribution in [-0.2, 0) is 4.79 Å². The molecule has 0 bridgehead atoms. The zero-order valence-corrected chi connectivity index (χ0v) is 19.3. The number of carbonyl (C=O) groups is 1. The molecule has 1 amide bonds. The molecule has 0 spiro atoms. The monoisotopic (exact) mass is 403 g/mol. The molecule has 1 saturated heterocycles. The Balaban J connectivity index is 0.00000190. The lowest BCUT2D eigenvalue weighted by Crippen LogP contribution is -2.32. The third-order valence-electron chi connectivity index (χ3n) is 4.80. The van der Waals surface area contributed by atoms with Crippen molar-refractivity contribution < 1.29 is 4.79 Å². The van der Waals surface area contributed by atoms with Gasteiger partial charge in [0, 0.05) is 23.8 Å². The van der Waals surface area contributed by atoms with Gasteiger partial charge in [-0.3, -0.25) is 4.79 Å². The van der Waals surface area contributed by atoms with Crippen molar-refractivity contribution in [2.75, 3.05) is 25.9 Å². The first-order valence-corrected chi connectivity index (χ1v) is 11.3. The quantitative estimate of drug-likeness (QED) is 0.518. The van der Waals surface area contributed by atoms with E-state index in [2.05, 4.69) is 54.8 Å². The average molecular weight is 404 g/mol. The van der Waals surface area contributed by atoms with Crippen LogP contribution in [0, 0.1) is 13.8 Å². The first-order chi connectivity index (χ1) is 13.4. The van der Waals surface area contributed by atoms with E-state index in [1.54, 1.807) is 0 Å². The highest BCUT2D eigenvalue weighted by Crippen LogP contribution is 2.22. The van der Waals surface area contributed by atoms with Gasteiger partial charge in [0.15, 0.2) is 0 Å². The average Bonchev–Trinajstić information content (AvgIpc) is 3.05. The Kier molecular flexibility index (Phi) is 11.2. The van der Waals surface area contributed by atoms with Gasteiger partial charge in [-0.05, 0) is 64.8 Å². The maximum Gasteiger partial charge on any atom is 0.230 e. The normalized spacial score (nSPS) is 17.1. The third kappa shape index (κ3) is 7.80. The molecule has 1 aromatic rings. The summed E-state index contributed by atoms with van der Waals surface area (Å²) in [6, 6.07) is 6.81. The molecule has 1 aliphatic heterocycles. The molecule has 1 fully saturated rings. The minimum atomic E-state index is 0.0660. The van der Waals surface area contributed by atoms with Gasteiger partial charge in [0.1, 0.15) is 5.04 Å². The summed E-state index contributed by atoms with van der Waals surface area (Å²) in [5.74, 6) is 0.441. The number of hydrogen-bond acceptors (Lipinski definition) is 4. The van der Waals surface area contributed by atoms with E-state index in [9.17, 15) is 4.79 Å². The number of allylic oxidation sites excluding steroid dienone is 1. The van der Waals surface area contributed by atoms with Crippen molar-refractivity contribution in [3.8, 4) is 0 Å². The second-order valence-electron chi connectivity index (χ2n) is 7.12. The second-order valence-corrected chi connectivity index (χ2v) is 8.09. The van der Waals surface area contributed by atoms with Crippen molar-refractivity contribution in [3.63, 3.8) is 0 Å². The molecule has 1 aliphatic rings. The summed E-state index contributed by atoms with van der Waals surface area (Å²) in [7, 11) is 2.17. The van der Waals surface area contributed by atoms with Gasteiger partial charge in [-0.15, -0.1) is 0 Å². The molecule has 5 heteroatoms. The van der Waals surface area contributed by atoms with Gasteiger partial charge in [0.25, 0.3) is 0 Å². The van der Waals surface area contributed by atoms with Crippen molar-refractivity contribution in [3.05, 3.63) is 47.2 Å². The lowest BCUT2D eigenvalue weighted by Gasteiger charge is -2.19. The highest BCUT2D eigenvalue weighted by atomic mass is 32.2. The number of aliphatic imine (C=N–C) groups is 1. The van der Waals surface area contributed by atoms with E-state index in [0.717, 1.165) is 29.3 Å². The van der Waals surface area contributed by atoms with Crippen LogP contribution < -0.4 is 5.32 Å². The molecule has 0 radical (unpaired) electrons. The van der Waals surface area contributed by atoms with Crippen LogP contribution in [0.4, 0.5) is 0 Å². The van der Waals surface area contributed by atoms with E-state index in [-0.39, 0.29) is 5.91 Å². The topological polar surface area (TPSA) is 44.7 Å². The standard InChI is InChI=1S/C21H31N3OS.C2H6/c1-15(2)23-21(20-16(3)8-6-9-17(20)4)26-14-19(25)22-12-11-18-10-7-13-24(18)5;1-2/h6,8-9,18H,1,7,10-14H2,2-5H3,(H,22,25);1-2H3. The number of likely N-dealkylation sites (tertiary alicyclic amines) is 1. The molecule has 28 heavy (non-hydrogen) atoms.